The first-order valence-corrected chi connectivity index (χ1v) is 12.5. The molecule has 3 aromatic rings. The summed E-state index contributed by atoms with van der Waals surface area (Å²) in [6.07, 6.45) is -3.11. The van der Waals surface area contributed by atoms with Gasteiger partial charge in [-0.3, -0.25) is 29.3 Å². The normalized spacial score (nSPS) is 20.8. The molecule has 5 rings (SSSR count). The molecule has 1 aromatic heterocycles. The monoisotopic (exact) mass is 548 g/mol. The SMILES string of the molecule is CN1CCC(N2C(=O)S/C(=C(/Cc3ccc(Cl)cc3C(F)(F)F)c3ccc4[nH]ncc4c3)C2=O)C(=O)C1. The number of aromatic nitrogens is 2. The highest BCUT2D eigenvalue weighted by Crippen LogP contribution is 2.42. The molecule has 0 aliphatic carbocycles. The highest BCUT2D eigenvalue weighted by atomic mass is 35.5. The Morgan fingerprint density at radius 1 is 1.19 bits per heavy atom. The highest BCUT2D eigenvalue weighted by Gasteiger charge is 2.45. The third-order valence-electron chi connectivity index (χ3n) is 6.50. The molecule has 192 valence electrons. The number of piperidine rings is 1. The zero-order valence-corrected chi connectivity index (χ0v) is 21.0. The van der Waals surface area contributed by atoms with E-state index < -0.39 is 28.9 Å². The van der Waals surface area contributed by atoms with E-state index in [1.807, 2.05) is 0 Å². The molecule has 2 aliphatic rings. The van der Waals surface area contributed by atoms with Crippen molar-refractivity contribution in [2.45, 2.75) is 25.1 Å². The number of aromatic amines is 1. The van der Waals surface area contributed by atoms with E-state index in [9.17, 15) is 27.6 Å². The number of fused-ring (bicyclic) bond motifs is 1. The third kappa shape index (κ3) is 4.90. The van der Waals surface area contributed by atoms with Crippen LogP contribution in [0.5, 0.6) is 0 Å². The maximum atomic E-state index is 13.9. The summed E-state index contributed by atoms with van der Waals surface area (Å²) in [6.45, 7) is 0.635. The molecule has 3 heterocycles. The van der Waals surface area contributed by atoms with Crippen LogP contribution >= 0.6 is 23.4 Å². The van der Waals surface area contributed by atoms with Gasteiger partial charge in [0.15, 0.2) is 5.78 Å². The Morgan fingerprint density at radius 3 is 2.70 bits per heavy atom. The fraction of sp³-hybridized carbons (Fsp3) is 0.280. The number of alkyl halides is 3. The van der Waals surface area contributed by atoms with Crippen LogP contribution in [0.2, 0.25) is 5.02 Å². The number of nitrogens with one attached hydrogen (secondary N) is 1. The number of amides is 2. The van der Waals surface area contributed by atoms with Crippen molar-refractivity contribution in [2.75, 3.05) is 20.1 Å². The lowest BCUT2D eigenvalue weighted by atomic mass is 9.93. The molecule has 1 unspecified atom stereocenters. The molecule has 2 aliphatic heterocycles. The molecule has 2 amide bonds. The molecule has 1 N–H and O–H groups in total. The van der Waals surface area contributed by atoms with Crippen LogP contribution in [0.4, 0.5) is 18.0 Å². The van der Waals surface area contributed by atoms with Crippen molar-refractivity contribution in [3.63, 3.8) is 0 Å². The van der Waals surface area contributed by atoms with Crippen LogP contribution in [0.1, 0.15) is 23.1 Å². The van der Waals surface area contributed by atoms with E-state index in [4.69, 9.17) is 11.6 Å². The van der Waals surface area contributed by atoms with Crippen LogP contribution in [0, 0.1) is 0 Å². The van der Waals surface area contributed by atoms with E-state index in [0.717, 1.165) is 11.0 Å². The van der Waals surface area contributed by atoms with Gasteiger partial charge < -0.3 is 0 Å². The van der Waals surface area contributed by atoms with Gasteiger partial charge in [-0.05, 0) is 72.6 Å². The van der Waals surface area contributed by atoms with Crippen LogP contribution in [0.3, 0.4) is 0 Å². The summed E-state index contributed by atoms with van der Waals surface area (Å²) < 4.78 is 41.6. The standard InChI is InChI=1S/C25H20ClF3N4O3S/c1-32-7-6-20(21(34)12-32)33-23(35)22(37-24(33)36)17(13-3-5-19-15(8-13)11-30-31-19)9-14-2-4-16(26)10-18(14)25(27,28)29/h2-5,8,10-11,20H,6-7,9,12H2,1H3,(H,30,31)/b22-17-. The number of carbonyl (C=O) groups is 3. The van der Waals surface area contributed by atoms with Crippen molar-refractivity contribution in [1.29, 1.82) is 0 Å². The number of rotatable bonds is 4. The Labute approximate surface area is 218 Å². The first-order valence-electron chi connectivity index (χ1n) is 11.3. The molecule has 2 fully saturated rings. The molecule has 12 heteroatoms. The predicted molar refractivity (Wildman–Crippen MR) is 134 cm³/mol. The molecule has 2 saturated heterocycles. The minimum absolute atomic E-state index is 0.00245. The van der Waals surface area contributed by atoms with E-state index in [-0.39, 0.29) is 39.8 Å². The van der Waals surface area contributed by atoms with E-state index >= 15 is 0 Å². The first-order chi connectivity index (χ1) is 17.5. The number of benzene rings is 2. The Morgan fingerprint density at radius 2 is 1.97 bits per heavy atom. The fourth-order valence-corrected chi connectivity index (χ4v) is 5.81. The quantitative estimate of drug-likeness (QED) is 0.453. The number of ketones is 1. The largest absolute Gasteiger partial charge is 0.416 e. The number of likely N-dealkylation sites (N-methyl/N-ethyl adjacent to an activating group) is 1. The summed E-state index contributed by atoms with van der Waals surface area (Å²) in [5.74, 6) is -0.932. The Bertz CT molecular complexity index is 1470. The van der Waals surface area contributed by atoms with Crippen molar-refractivity contribution < 1.29 is 27.6 Å². The summed E-state index contributed by atoms with van der Waals surface area (Å²) in [4.78, 5) is 42.0. The molecule has 0 radical (unpaired) electrons. The third-order valence-corrected chi connectivity index (χ3v) is 7.73. The number of carbonyl (C=O) groups excluding carboxylic acids is 3. The van der Waals surface area contributed by atoms with Gasteiger partial charge in [0, 0.05) is 17.0 Å². The van der Waals surface area contributed by atoms with E-state index in [1.54, 1.807) is 36.3 Å². The van der Waals surface area contributed by atoms with Gasteiger partial charge in [-0.25, -0.2) is 0 Å². The number of hydrogen-bond acceptors (Lipinski definition) is 6. The minimum atomic E-state index is -4.68. The molecule has 0 spiro atoms. The number of halogens is 4. The van der Waals surface area contributed by atoms with Crippen LogP contribution in [0.25, 0.3) is 16.5 Å². The highest BCUT2D eigenvalue weighted by molar-refractivity contribution is 8.18. The fourth-order valence-electron chi connectivity index (χ4n) is 4.66. The predicted octanol–water partition coefficient (Wildman–Crippen LogP) is 5.16. The Kier molecular flexibility index (Phi) is 6.63. The second-order valence-corrected chi connectivity index (χ2v) is 10.4. The van der Waals surface area contributed by atoms with Gasteiger partial charge in [-0.2, -0.15) is 18.3 Å². The molecular formula is C25H20ClF3N4O3S. The summed E-state index contributed by atoms with van der Waals surface area (Å²) in [5.41, 5.74) is 0.405. The number of imide groups is 1. The van der Waals surface area contributed by atoms with Gasteiger partial charge in [-0.1, -0.05) is 23.7 Å². The van der Waals surface area contributed by atoms with Gasteiger partial charge in [-0.15, -0.1) is 0 Å². The van der Waals surface area contributed by atoms with Gasteiger partial charge in [0.25, 0.3) is 11.1 Å². The number of H-pyrrole nitrogens is 1. The number of likely N-dealkylation sites (tertiary alicyclic amines) is 1. The molecule has 7 nitrogen and oxygen atoms in total. The van der Waals surface area contributed by atoms with Crippen molar-refractivity contribution in [3.8, 4) is 0 Å². The van der Waals surface area contributed by atoms with Crippen molar-refractivity contribution in [2.24, 2.45) is 0 Å². The van der Waals surface area contributed by atoms with Crippen molar-refractivity contribution in [3.05, 3.63) is 69.2 Å². The smallest absolute Gasteiger partial charge is 0.299 e. The van der Waals surface area contributed by atoms with Gasteiger partial charge >= 0.3 is 6.18 Å². The second kappa shape index (κ2) is 9.62. The Balaban J connectivity index is 1.63. The van der Waals surface area contributed by atoms with Crippen LogP contribution in [0.15, 0.2) is 47.5 Å². The van der Waals surface area contributed by atoms with Crippen LogP contribution in [-0.2, 0) is 22.2 Å². The molecule has 2 aromatic carbocycles. The summed E-state index contributed by atoms with van der Waals surface area (Å²) >= 11 is 6.51. The van der Waals surface area contributed by atoms with Crippen LogP contribution < -0.4 is 0 Å². The molecule has 1 atom stereocenters. The van der Waals surface area contributed by atoms with Gasteiger partial charge in [0.05, 0.1) is 28.7 Å². The van der Waals surface area contributed by atoms with Crippen molar-refractivity contribution >= 4 is 56.8 Å². The lowest BCUT2D eigenvalue weighted by molar-refractivity contribution is -0.138. The summed E-state index contributed by atoms with van der Waals surface area (Å²) in [7, 11) is 1.77. The molecule has 37 heavy (non-hydrogen) atoms. The van der Waals surface area contributed by atoms with Gasteiger partial charge in [0.2, 0.25) is 0 Å². The minimum Gasteiger partial charge on any atom is -0.299 e. The molecular weight excluding hydrogens is 529 g/mol. The summed E-state index contributed by atoms with van der Waals surface area (Å²) in [5, 5.41) is 6.78. The average Bonchev–Trinajstić information content (AvgIpc) is 3.41. The lowest BCUT2D eigenvalue weighted by Gasteiger charge is -2.31. The molecule has 0 saturated carbocycles. The van der Waals surface area contributed by atoms with Gasteiger partial charge in [0.1, 0.15) is 6.04 Å². The summed E-state index contributed by atoms with van der Waals surface area (Å²) in [6, 6.07) is 7.63. The Hall–Kier alpha value is -3.15. The van der Waals surface area contributed by atoms with E-state index in [0.29, 0.717) is 41.2 Å². The van der Waals surface area contributed by atoms with Crippen LogP contribution in [-0.4, -0.2) is 63.1 Å². The molecule has 0 bridgehead atoms. The van der Waals surface area contributed by atoms with E-state index in [2.05, 4.69) is 10.2 Å². The average molecular weight is 549 g/mol. The number of nitrogens with zero attached hydrogens (tertiary/aromatic N) is 3. The number of hydrogen-bond donors (Lipinski definition) is 1. The van der Waals surface area contributed by atoms with Crippen molar-refractivity contribution in [1.82, 2.24) is 20.0 Å². The number of Topliss-reactive ketones (excluding diaryl/α,β-unsaturated/α-hetero) is 1. The second-order valence-electron chi connectivity index (χ2n) is 9.01. The number of thioether (sulfide) groups is 1. The van der Waals surface area contributed by atoms with E-state index in [1.165, 1.54) is 12.1 Å². The lowest BCUT2D eigenvalue weighted by Crippen LogP contribution is -2.52. The maximum Gasteiger partial charge on any atom is 0.416 e. The zero-order valence-electron chi connectivity index (χ0n) is 19.4. The zero-order chi connectivity index (χ0) is 26.5. The topological polar surface area (TPSA) is 86.4 Å². The maximum absolute atomic E-state index is 13.9. The first kappa shape index (κ1) is 25.5. The number of allylic oxidation sites excluding steroid dienone is 1.